The Bertz CT molecular complexity index is 815. The Kier molecular flexibility index (Phi) is 3.00. The van der Waals surface area contributed by atoms with E-state index in [0.29, 0.717) is 36.4 Å². The molecule has 0 radical (unpaired) electrons. The number of rotatable bonds is 2. The van der Waals surface area contributed by atoms with Gasteiger partial charge < -0.3 is 14.6 Å². The summed E-state index contributed by atoms with van der Waals surface area (Å²) in [5, 5.41) is 21.0. The van der Waals surface area contributed by atoms with Gasteiger partial charge in [0.05, 0.1) is 0 Å². The molecule has 0 amide bonds. The molecule has 2 aliphatic heterocycles. The lowest BCUT2D eigenvalue weighted by molar-refractivity contribution is -0.140. The number of carboxylic acid groups (broad SMARTS) is 1. The van der Waals surface area contributed by atoms with Gasteiger partial charge in [0.1, 0.15) is 25.2 Å². The fraction of sp³-hybridized carbons (Fsp3) is 0.357. The third-order valence-corrected chi connectivity index (χ3v) is 3.95. The van der Waals surface area contributed by atoms with E-state index in [0.717, 1.165) is 5.56 Å². The Morgan fingerprint density at radius 2 is 2.09 bits per heavy atom. The number of carbonyl (C=O) groups is 1. The maximum absolute atomic E-state index is 11.8. The number of aliphatic carboxylic acids is 1. The molecular weight excluding hydrogens is 302 g/mol. The van der Waals surface area contributed by atoms with Crippen molar-refractivity contribution in [3.63, 3.8) is 0 Å². The second kappa shape index (κ2) is 5.04. The van der Waals surface area contributed by atoms with Gasteiger partial charge in [0.15, 0.2) is 11.5 Å². The maximum atomic E-state index is 11.8. The van der Waals surface area contributed by atoms with E-state index in [9.17, 15) is 9.90 Å². The van der Waals surface area contributed by atoms with Crippen LogP contribution in [-0.2, 0) is 4.79 Å². The number of aliphatic imine (C=N–C) groups is 1. The van der Waals surface area contributed by atoms with Crippen LogP contribution in [0.1, 0.15) is 18.5 Å². The Morgan fingerprint density at radius 1 is 1.30 bits per heavy atom. The van der Waals surface area contributed by atoms with E-state index >= 15 is 0 Å². The first-order chi connectivity index (χ1) is 11.1. The molecule has 2 unspecified atom stereocenters. The summed E-state index contributed by atoms with van der Waals surface area (Å²) in [6.45, 7) is 2.62. The first-order valence-corrected chi connectivity index (χ1v) is 7.10. The lowest BCUT2D eigenvalue weighted by Gasteiger charge is -2.28. The van der Waals surface area contributed by atoms with Gasteiger partial charge in [-0.1, -0.05) is 11.2 Å². The third kappa shape index (κ3) is 2.12. The van der Waals surface area contributed by atoms with Crippen LogP contribution >= 0.6 is 0 Å². The highest BCUT2D eigenvalue weighted by molar-refractivity contribution is 6.02. The number of hydrogen-bond donors (Lipinski definition) is 1. The number of fused-ring (bicyclic) bond motifs is 2. The number of aromatic nitrogens is 4. The van der Waals surface area contributed by atoms with Crippen molar-refractivity contribution in [2.75, 3.05) is 13.2 Å². The van der Waals surface area contributed by atoms with Gasteiger partial charge in [0.2, 0.25) is 0 Å². The number of ether oxygens (including phenoxy) is 2. The molecule has 0 bridgehead atoms. The van der Waals surface area contributed by atoms with Gasteiger partial charge in [0.25, 0.3) is 5.95 Å². The summed E-state index contributed by atoms with van der Waals surface area (Å²) in [6, 6.07) is 4.76. The number of hydrogen-bond acceptors (Lipinski definition) is 7. The van der Waals surface area contributed by atoms with Crippen molar-refractivity contribution in [2.24, 2.45) is 10.9 Å². The molecule has 1 aromatic carbocycles. The predicted molar refractivity (Wildman–Crippen MR) is 77.3 cm³/mol. The van der Waals surface area contributed by atoms with Crippen LogP contribution in [0.5, 0.6) is 11.5 Å². The van der Waals surface area contributed by atoms with E-state index in [1.807, 2.05) is 0 Å². The summed E-state index contributed by atoms with van der Waals surface area (Å²) in [4.78, 5) is 15.9. The Balaban J connectivity index is 1.85. The smallest absolute Gasteiger partial charge is 0.314 e. The van der Waals surface area contributed by atoms with Gasteiger partial charge in [-0.25, -0.2) is 9.67 Å². The SMILES string of the molecule is CC1=Nc2nnnn2C(c2ccc3c(c2)OCCO3)C1C(=O)O. The standard InChI is InChI=1S/C14H13N5O4/c1-7-11(13(20)21)12(19-14(15-7)16-17-18-19)8-2-3-9-10(6-8)23-5-4-22-9/h2-3,6,11-12H,4-5H2,1H3,(H,20,21). The van der Waals surface area contributed by atoms with Gasteiger partial charge in [-0.05, 0) is 35.0 Å². The Hall–Kier alpha value is -2.97. The molecule has 0 fully saturated rings. The van der Waals surface area contributed by atoms with E-state index in [-0.39, 0.29) is 0 Å². The summed E-state index contributed by atoms with van der Waals surface area (Å²) in [7, 11) is 0. The van der Waals surface area contributed by atoms with Crippen LogP contribution in [-0.4, -0.2) is 50.2 Å². The molecule has 2 aromatic rings. The minimum atomic E-state index is -0.979. The van der Waals surface area contributed by atoms with Crippen molar-refractivity contribution >= 4 is 17.6 Å². The molecule has 3 heterocycles. The molecule has 0 spiro atoms. The molecule has 1 N–H and O–H groups in total. The largest absolute Gasteiger partial charge is 0.486 e. The number of nitrogens with zero attached hydrogens (tertiary/aromatic N) is 5. The van der Waals surface area contributed by atoms with Crippen LogP contribution in [0.2, 0.25) is 0 Å². The molecule has 23 heavy (non-hydrogen) atoms. The molecular formula is C14H13N5O4. The van der Waals surface area contributed by atoms with E-state index < -0.39 is 17.9 Å². The molecule has 9 heteroatoms. The molecule has 118 valence electrons. The lowest BCUT2D eigenvalue weighted by Crippen LogP contribution is -2.35. The molecule has 9 nitrogen and oxygen atoms in total. The molecule has 0 saturated carbocycles. The van der Waals surface area contributed by atoms with E-state index in [2.05, 4.69) is 20.5 Å². The Morgan fingerprint density at radius 3 is 2.87 bits per heavy atom. The number of tetrazole rings is 1. The minimum Gasteiger partial charge on any atom is -0.486 e. The monoisotopic (exact) mass is 315 g/mol. The van der Waals surface area contributed by atoms with Crippen LogP contribution in [0, 0.1) is 5.92 Å². The van der Waals surface area contributed by atoms with Crippen molar-refractivity contribution in [2.45, 2.75) is 13.0 Å². The van der Waals surface area contributed by atoms with Crippen molar-refractivity contribution < 1.29 is 19.4 Å². The van der Waals surface area contributed by atoms with E-state index in [1.54, 1.807) is 25.1 Å². The summed E-state index contributed by atoms with van der Waals surface area (Å²) in [5.41, 5.74) is 1.18. The maximum Gasteiger partial charge on any atom is 0.314 e. The lowest BCUT2D eigenvalue weighted by atomic mass is 9.88. The third-order valence-electron chi connectivity index (χ3n) is 3.95. The van der Waals surface area contributed by atoms with Crippen LogP contribution in [0.4, 0.5) is 5.95 Å². The van der Waals surface area contributed by atoms with Crippen LogP contribution in [0.25, 0.3) is 0 Å². The molecule has 1 aromatic heterocycles. The fourth-order valence-corrected chi connectivity index (χ4v) is 2.93. The topological polar surface area (TPSA) is 112 Å². The molecule has 0 saturated heterocycles. The highest BCUT2D eigenvalue weighted by Gasteiger charge is 2.39. The second-order valence-corrected chi connectivity index (χ2v) is 5.34. The second-order valence-electron chi connectivity index (χ2n) is 5.34. The van der Waals surface area contributed by atoms with Gasteiger partial charge >= 0.3 is 5.97 Å². The number of benzene rings is 1. The van der Waals surface area contributed by atoms with Crippen LogP contribution in [0.3, 0.4) is 0 Å². The predicted octanol–water partition coefficient (Wildman–Crippen LogP) is 0.840. The first kappa shape index (κ1) is 13.7. The summed E-state index contributed by atoms with van der Waals surface area (Å²) in [6.07, 6.45) is 0. The highest BCUT2D eigenvalue weighted by Crippen LogP contribution is 2.39. The average Bonchev–Trinajstić information content (AvgIpc) is 3.00. The van der Waals surface area contributed by atoms with E-state index in [4.69, 9.17) is 9.47 Å². The average molecular weight is 315 g/mol. The zero-order valence-corrected chi connectivity index (χ0v) is 12.2. The minimum absolute atomic E-state index is 0.292. The zero-order chi connectivity index (χ0) is 16.0. The van der Waals surface area contributed by atoms with Gasteiger partial charge in [-0.3, -0.25) is 4.79 Å². The van der Waals surface area contributed by atoms with Gasteiger partial charge in [-0.15, -0.1) is 0 Å². The van der Waals surface area contributed by atoms with Crippen molar-refractivity contribution in [1.82, 2.24) is 20.2 Å². The summed E-state index contributed by atoms with van der Waals surface area (Å²) in [5.74, 6) is -0.307. The molecule has 2 atom stereocenters. The number of carboxylic acids is 1. The molecule has 4 rings (SSSR count). The highest BCUT2D eigenvalue weighted by atomic mass is 16.6. The van der Waals surface area contributed by atoms with Gasteiger partial charge in [-0.2, -0.15) is 0 Å². The first-order valence-electron chi connectivity index (χ1n) is 7.10. The zero-order valence-electron chi connectivity index (χ0n) is 12.2. The normalized spacial score (nSPS) is 22.2. The van der Waals surface area contributed by atoms with Crippen molar-refractivity contribution in [3.8, 4) is 11.5 Å². The molecule has 0 aliphatic carbocycles. The van der Waals surface area contributed by atoms with Crippen molar-refractivity contribution in [3.05, 3.63) is 23.8 Å². The van der Waals surface area contributed by atoms with Crippen LogP contribution < -0.4 is 9.47 Å². The van der Waals surface area contributed by atoms with Gasteiger partial charge in [0, 0.05) is 5.71 Å². The Labute approximate surface area is 130 Å². The fourth-order valence-electron chi connectivity index (χ4n) is 2.93. The molecule has 2 aliphatic rings. The van der Waals surface area contributed by atoms with E-state index in [1.165, 1.54) is 4.68 Å². The summed E-state index contributed by atoms with van der Waals surface area (Å²) < 4.78 is 12.5. The quantitative estimate of drug-likeness (QED) is 0.874. The van der Waals surface area contributed by atoms with Crippen LogP contribution in [0.15, 0.2) is 23.2 Å². The van der Waals surface area contributed by atoms with Crippen molar-refractivity contribution in [1.29, 1.82) is 0 Å². The summed E-state index contributed by atoms with van der Waals surface area (Å²) >= 11 is 0.